The molecule has 0 radical (unpaired) electrons. The fourth-order valence-electron chi connectivity index (χ4n) is 4.54. The van der Waals surface area contributed by atoms with E-state index in [0.29, 0.717) is 24.4 Å². The average molecular weight is 250 g/mol. The normalized spacial score (nSPS) is 39.3. The first-order valence-corrected chi connectivity index (χ1v) is 7.77. The van der Waals surface area contributed by atoms with Gasteiger partial charge in [0.2, 0.25) is 5.91 Å². The summed E-state index contributed by atoms with van der Waals surface area (Å²) in [6.07, 6.45) is 9.83. The average Bonchev–Trinajstić information content (AvgIpc) is 3.01. The second-order valence-electron chi connectivity index (χ2n) is 6.61. The van der Waals surface area contributed by atoms with E-state index in [4.69, 9.17) is 5.73 Å². The number of amides is 1. The van der Waals surface area contributed by atoms with Crippen LogP contribution < -0.4 is 5.73 Å². The molecule has 2 saturated carbocycles. The van der Waals surface area contributed by atoms with Crippen molar-refractivity contribution in [3.05, 3.63) is 0 Å². The Labute approximate surface area is 110 Å². The van der Waals surface area contributed by atoms with Crippen molar-refractivity contribution in [1.29, 1.82) is 0 Å². The molecule has 0 aromatic heterocycles. The highest BCUT2D eigenvalue weighted by Crippen LogP contribution is 2.49. The van der Waals surface area contributed by atoms with Gasteiger partial charge in [-0.25, -0.2) is 0 Å². The Morgan fingerprint density at radius 1 is 1.17 bits per heavy atom. The van der Waals surface area contributed by atoms with Crippen LogP contribution >= 0.6 is 0 Å². The van der Waals surface area contributed by atoms with E-state index >= 15 is 0 Å². The van der Waals surface area contributed by atoms with Crippen molar-refractivity contribution in [3.8, 4) is 0 Å². The maximum Gasteiger partial charge on any atom is 0.223 e. The van der Waals surface area contributed by atoms with Gasteiger partial charge in [0.05, 0.1) is 0 Å². The zero-order chi connectivity index (χ0) is 12.5. The molecule has 4 unspecified atom stereocenters. The van der Waals surface area contributed by atoms with Crippen LogP contribution in [-0.2, 0) is 4.79 Å². The molecule has 3 nitrogen and oxygen atoms in total. The maximum absolute atomic E-state index is 12.5. The van der Waals surface area contributed by atoms with E-state index in [1.807, 2.05) is 0 Å². The third-order valence-corrected chi connectivity index (χ3v) is 5.54. The zero-order valence-corrected chi connectivity index (χ0v) is 11.3. The molecule has 4 atom stereocenters. The first kappa shape index (κ1) is 12.5. The van der Waals surface area contributed by atoms with Gasteiger partial charge in [0.25, 0.3) is 0 Å². The van der Waals surface area contributed by atoms with Gasteiger partial charge in [-0.15, -0.1) is 0 Å². The number of hydrogen-bond acceptors (Lipinski definition) is 2. The van der Waals surface area contributed by atoms with E-state index in [2.05, 4.69) is 4.90 Å². The molecule has 1 amide bonds. The van der Waals surface area contributed by atoms with Crippen LogP contribution in [0.15, 0.2) is 0 Å². The molecule has 102 valence electrons. The number of carbonyl (C=O) groups is 1. The number of nitrogens with two attached hydrogens (primary N) is 1. The van der Waals surface area contributed by atoms with E-state index in [1.54, 1.807) is 0 Å². The van der Waals surface area contributed by atoms with E-state index < -0.39 is 0 Å². The summed E-state index contributed by atoms with van der Waals surface area (Å²) < 4.78 is 0. The summed E-state index contributed by atoms with van der Waals surface area (Å²) in [5.74, 6) is 2.89. The number of likely N-dealkylation sites (tertiary alicyclic amines) is 1. The lowest BCUT2D eigenvalue weighted by molar-refractivity contribution is -0.136. The number of hydrogen-bond donors (Lipinski definition) is 1. The molecule has 2 N–H and O–H groups in total. The molecule has 3 fully saturated rings. The lowest BCUT2D eigenvalue weighted by atomic mass is 9.85. The van der Waals surface area contributed by atoms with Crippen molar-refractivity contribution in [2.24, 2.45) is 23.5 Å². The molecule has 1 saturated heterocycles. The molecule has 0 aromatic rings. The van der Waals surface area contributed by atoms with Crippen LogP contribution in [-0.4, -0.2) is 29.9 Å². The van der Waals surface area contributed by atoms with Gasteiger partial charge in [0.15, 0.2) is 0 Å². The van der Waals surface area contributed by atoms with Gasteiger partial charge < -0.3 is 10.6 Å². The third kappa shape index (κ3) is 2.29. The first-order chi connectivity index (χ1) is 8.78. The minimum Gasteiger partial charge on any atom is -0.338 e. The van der Waals surface area contributed by atoms with Gasteiger partial charge in [-0.3, -0.25) is 4.79 Å². The van der Waals surface area contributed by atoms with Crippen LogP contribution in [0.1, 0.15) is 51.4 Å². The molecule has 18 heavy (non-hydrogen) atoms. The molecule has 3 heteroatoms. The third-order valence-electron chi connectivity index (χ3n) is 5.54. The predicted octanol–water partition coefficient (Wildman–Crippen LogP) is 2.15. The van der Waals surface area contributed by atoms with Crippen LogP contribution in [0.25, 0.3) is 0 Å². The summed E-state index contributed by atoms with van der Waals surface area (Å²) in [6.45, 7) is 1.59. The smallest absolute Gasteiger partial charge is 0.223 e. The van der Waals surface area contributed by atoms with Gasteiger partial charge in [0.1, 0.15) is 0 Å². The van der Waals surface area contributed by atoms with Crippen LogP contribution in [0.2, 0.25) is 0 Å². The molecule has 2 bridgehead atoms. The maximum atomic E-state index is 12.5. The Morgan fingerprint density at radius 2 is 2.06 bits per heavy atom. The van der Waals surface area contributed by atoms with Crippen molar-refractivity contribution in [2.45, 2.75) is 57.4 Å². The fraction of sp³-hybridized carbons (Fsp3) is 0.933. The van der Waals surface area contributed by atoms with Crippen molar-refractivity contribution in [2.75, 3.05) is 13.1 Å². The Bertz CT molecular complexity index is 318. The standard InChI is InChI=1S/C15H26N2O/c16-10-14-3-1-2-6-17(14)15(18)9-13-8-11-4-5-12(13)7-11/h11-14H,1-10,16H2. The monoisotopic (exact) mass is 250 g/mol. The van der Waals surface area contributed by atoms with Gasteiger partial charge in [-0.1, -0.05) is 6.42 Å². The number of carbonyl (C=O) groups excluding carboxylic acids is 1. The van der Waals surface area contributed by atoms with Crippen LogP contribution in [0, 0.1) is 17.8 Å². The lowest BCUT2D eigenvalue weighted by Crippen LogP contribution is -2.48. The second-order valence-corrected chi connectivity index (χ2v) is 6.61. The highest BCUT2D eigenvalue weighted by molar-refractivity contribution is 5.77. The van der Waals surface area contributed by atoms with E-state index in [9.17, 15) is 4.79 Å². The molecule has 0 spiro atoms. The fourth-order valence-corrected chi connectivity index (χ4v) is 4.54. The molecule has 3 rings (SSSR count). The molecular formula is C15H26N2O. The summed E-state index contributed by atoms with van der Waals surface area (Å²) in [4.78, 5) is 14.6. The Morgan fingerprint density at radius 3 is 2.72 bits per heavy atom. The second kappa shape index (κ2) is 5.20. The topological polar surface area (TPSA) is 46.3 Å². The molecule has 0 aromatic carbocycles. The van der Waals surface area contributed by atoms with E-state index in [-0.39, 0.29) is 0 Å². The highest BCUT2D eigenvalue weighted by Gasteiger charge is 2.41. The molecular weight excluding hydrogens is 224 g/mol. The number of fused-ring (bicyclic) bond motifs is 2. The van der Waals surface area contributed by atoms with E-state index in [0.717, 1.165) is 31.2 Å². The van der Waals surface area contributed by atoms with Gasteiger partial charge >= 0.3 is 0 Å². The van der Waals surface area contributed by atoms with Crippen molar-refractivity contribution < 1.29 is 4.79 Å². The number of rotatable bonds is 3. The lowest BCUT2D eigenvalue weighted by Gasteiger charge is -2.36. The summed E-state index contributed by atoms with van der Waals surface area (Å²) in [5, 5.41) is 0. The zero-order valence-electron chi connectivity index (χ0n) is 11.3. The van der Waals surface area contributed by atoms with Crippen molar-refractivity contribution >= 4 is 5.91 Å². The van der Waals surface area contributed by atoms with Gasteiger partial charge in [-0.2, -0.15) is 0 Å². The van der Waals surface area contributed by atoms with Crippen molar-refractivity contribution in [1.82, 2.24) is 4.90 Å². The minimum atomic E-state index is 0.324. The molecule has 2 aliphatic carbocycles. The van der Waals surface area contributed by atoms with Crippen LogP contribution in [0.5, 0.6) is 0 Å². The highest BCUT2D eigenvalue weighted by atomic mass is 16.2. The van der Waals surface area contributed by atoms with Crippen LogP contribution in [0.4, 0.5) is 0 Å². The molecule has 3 aliphatic rings. The van der Waals surface area contributed by atoms with E-state index in [1.165, 1.54) is 38.5 Å². The minimum absolute atomic E-state index is 0.324. The SMILES string of the molecule is NCC1CCCCN1C(=O)CC1CC2CCC1C2. The Balaban J connectivity index is 1.57. The van der Waals surface area contributed by atoms with Crippen molar-refractivity contribution in [3.63, 3.8) is 0 Å². The van der Waals surface area contributed by atoms with Crippen LogP contribution in [0.3, 0.4) is 0 Å². The Kier molecular flexibility index (Phi) is 3.60. The molecule has 1 aliphatic heterocycles. The summed E-state index contributed by atoms with van der Waals surface area (Å²) >= 11 is 0. The Hall–Kier alpha value is -0.570. The summed E-state index contributed by atoms with van der Waals surface area (Å²) in [7, 11) is 0. The molecule has 1 heterocycles. The number of piperidine rings is 1. The predicted molar refractivity (Wildman–Crippen MR) is 72.0 cm³/mol. The van der Waals surface area contributed by atoms with Gasteiger partial charge in [-0.05, 0) is 56.3 Å². The van der Waals surface area contributed by atoms with Gasteiger partial charge in [0, 0.05) is 25.6 Å². The summed E-state index contributed by atoms with van der Waals surface area (Å²) in [6, 6.07) is 0.324. The largest absolute Gasteiger partial charge is 0.338 e. The number of nitrogens with zero attached hydrogens (tertiary/aromatic N) is 1. The first-order valence-electron chi connectivity index (χ1n) is 7.77. The summed E-state index contributed by atoms with van der Waals surface area (Å²) in [5.41, 5.74) is 5.81. The quantitative estimate of drug-likeness (QED) is 0.834.